The van der Waals surface area contributed by atoms with Gasteiger partial charge in [0.1, 0.15) is 0 Å². The lowest BCUT2D eigenvalue weighted by atomic mass is 9.78. The van der Waals surface area contributed by atoms with E-state index in [-0.39, 0.29) is 5.41 Å². The maximum atomic E-state index is 12.9. The number of hydrogen-bond donors (Lipinski definition) is 0. The van der Waals surface area contributed by atoms with Crippen LogP contribution in [0.5, 0.6) is 0 Å². The molecule has 0 saturated carbocycles. The number of carbonyl (C=O) groups is 1. The zero-order valence-electron chi connectivity index (χ0n) is 14.3. The number of ether oxygens (including phenoxy) is 1. The number of rotatable bonds is 6. The second-order valence-electron chi connectivity index (χ2n) is 6.97. The van der Waals surface area contributed by atoms with Gasteiger partial charge in [0.2, 0.25) is 5.91 Å². The number of amides is 1. The molecule has 23 heavy (non-hydrogen) atoms. The van der Waals surface area contributed by atoms with Crippen LogP contribution in [0.2, 0.25) is 0 Å². The number of aromatic nitrogens is 2. The Morgan fingerprint density at radius 2 is 2.17 bits per heavy atom. The van der Waals surface area contributed by atoms with E-state index in [1.165, 1.54) is 5.56 Å². The van der Waals surface area contributed by atoms with Crippen LogP contribution in [-0.2, 0) is 23.0 Å². The Morgan fingerprint density at radius 3 is 2.91 bits per heavy atom. The molecule has 2 aliphatic heterocycles. The Hall–Kier alpha value is -1.40. The molecule has 6 heteroatoms. The number of piperidine rings is 1. The number of hydrogen-bond acceptors (Lipinski definition) is 4. The summed E-state index contributed by atoms with van der Waals surface area (Å²) in [5, 5.41) is 4.22. The highest BCUT2D eigenvalue weighted by Crippen LogP contribution is 2.39. The molecular weight excluding hydrogens is 292 g/mol. The molecule has 1 spiro atoms. The van der Waals surface area contributed by atoms with E-state index >= 15 is 0 Å². The quantitative estimate of drug-likeness (QED) is 0.782. The minimum Gasteiger partial charge on any atom is -0.383 e. The first-order valence-corrected chi connectivity index (χ1v) is 8.61. The van der Waals surface area contributed by atoms with E-state index < -0.39 is 0 Å². The lowest BCUT2D eigenvalue weighted by Gasteiger charge is -2.39. The van der Waals surface area contributed by atoms with Crippen LogP contribution in [0.4, 0.5) is 0 Å². The summed E-state index contributed by atoms with van der Waals surface area (Å²) in [6.07, 6.45) is 8.17. The summed E-state index contributed by atoms with van der Waals surface area (Å²) in [7, 11) is 3.64. The molecule has 3 rings (SSSR count). The maximum absolute atomic E-state index is 12.9. The highest BCUT2D eigenvalue weighted by molar-refractivity contribution is 5.84. The van der Waals surface area contributed by atoms with Crippen LogP contribution in [0.1, 0.15) is 24.8 Å². The van der Waals surface area contributed by atoms with E-state index in [2.05, 4.69) is 16.2 Å². The van der Waals surface area contributed by atoms with Gasteiger partial charge in [-0.2, -0.15) is 5.10 Å². The zero-order chi connectivity index (χ0) is 16.3. The fraction of sp³-hybridized carbons (Fsp3) is 0.765. The predicted molar refractivity (Wildman–Crippen MR) is 88.1 cm³/mol. The Balaban J connectivity index is 1.55. The van der Waals surface area contributed by atoms with Gasteiger partial charge in [-0.1, -0.05) is 0 Å². The van der Waals surface area contributed by atoms with Gasteiger partial charge in [0.25, 0.3) is 0 Å². The van der Waals surface area contributed by atoms with Crippen molar-refractivity contribution in [1.82, 2.24) is 19.6 Å². The Labute approximate surface area is 138 Å². The fourth-order valence-electron chi connectivity index (χ4n) is 3.98. The summed E-state index contributed by atoms with van der Waals surface area (Å²) in [6, 6.07) is 0. The molecule has 3 heterocycles. The van der Waals surface area contributed by atoms with E-state index in [0.717, 1.165) is 58.4 Å². The van der Waals surface area contributed by atoms with Gasteiger partial charge in [-0.15, -0.1) is 0 Å². The predicted octanol–water partition coefficient (Wildman–Crippen LogP) is 0.924. The van der Waals surface area contributed by atoms with Crippen LogP contribution >= 0.6 is 0 Å². The molecule has 2 fully saturated rings. The number of methoxy groups -OCH3 is 1. The molecule has 1 aromatic heterocycles. The van der Waals surface area contributed by atoms with Crippen LogP contribution in [0.15, 0.2) is 12.4 Å². The van der Waals surface area contributed by atoms with Crippen LogP contribution in [-0.4, -0.2) is 71.9 Å². The molecule has 1 amide bonds. The van der Waals surface area contributed by atoms with Crippen molar-refractivity contribution in [3.8, 4) is 0 Å². The van der Waals surface area contributed by atoms with E-state index in [1.54, 1.807) is 7.11 Å². The molecule has 0 N–H and O–H groups in total. The Kier molecular flexibility index (Phi) is 5.02. The fourth-order valence-corrected chi connectivity index (χ4v) is 3.98. The topological polar surface area (TPSA) is 50.6 Å². The standard InChI is InChI=1S/C17H28N4O2/c1-19-13-15(12-18-19)4-8-20-9-6-17(14-20)5-3-7-21(16(17)22)10-11-23-2/h12-13H,3-11,14H2,1-2H3/t17-/m0/s1. The summed E-state index contributed by atoms with van der Waals surface area (Å²) < 4.78 is 6.99. The molecule has 0 radical (unpaired) electrons. The first-order valence-electron chi connectivity index (χ1n) is 8.61. The molecule has 2 aliphatic rings. The lowest BCUT2D eigenvalue weighted by Crippen LogP contribution is -2.51. The van der Waals surface area contributed by atoms with Gasteiger partial charge < -0.3 is 14.5 Å². The van der Waals surface area contributed by atoms with E-state index in [1.807, 2.05) is 22.8 Å². The minimum atomic E-state index is -0.138. The maximum Gasteiger partial charge on any atom is 0.230 e. The largest absolute Gasteiger partial charge is 0.383 e. The van der Waals surface area contributed by atoms with Crippen LogP contribution < -0.4 is 0 Å². The monoisotopic (exact) mass is 320 g/mol. The van der Waals surface area contributed by atoms with Crippen molar-refractivity contribution in [2.45, 2.75) is 25.7 Å². The van der Waals surface area contributed by atoms with Gasteiger partial charge >= 0.3 is 0 Å². The summed E-state index contributed by atoms with van der Waals surface area (Å²) in [5.74, 6) is 0.352. The van der Waals surface area contributed by atoms with Crippen LogP contribution in [0.3, 0.4) is 0 Å². The molecule has 0 aliphatic carbocycles. The van der Waals surface area contributed by atoms with Gasteiger partial charge in [-0.05, 0) is 37.8 Å². The first kappa shape index (κ1) is 16.5. The SMILES string of the molecule is COCCN1CCC[C@@]2(CCN(CCc3cnn(C)c3)C2)C1=O. The molecule has 0 aromatic carbocycles. The smallest absolute Gasteiger partial charge is 0.230 e. The number of likely N-dealkylation sites (tertiary alicyclic amines) is 2. The molecular formula is C17H28N4O2. The highest BCUT2D eigenvalue weighted by atomic mass is 16.5. The van der Waals surface area contributed by atoms with Crippen molar-refractivity contribution >= 4 is 5.91 Å². The average molecular weight is 320 g/mol. The summed E-state index contributed by atoms with van der Waals surface area (Å²) in [6.45, 7) is 5.21. The molecule has 6 nitrogen and oxygen atoms in total. The second-order valence-corrected chi connectivity index (χ2v) is 6.97. The molecule has 128 valence electrons. The summed E-state index contributed by atoms with van der Waals surface area (Å²) >= 11 is 0. The summed E-state index contributed by atoms with van der Waals surface area (Å²) in [5.41, 5.74) is 1.13. The van der Waals surface area contributed by atoms with Gasteiger partial charge in [0.05, 0.1) is 18.2 Å². The van der Waals surface area contributed by atoms with E-state index in [0.29, 0.717) is 12.5 Å². The first-order chi connectivity index (χ1) is 11.1. The number of nitrogens with zero attached hydrogens (tertiary/aromatic N) is 4. The normalized spacial score (nSPS) is 25.7. The third-order valence-corrected chi connectivity index (χ3v) is 5.30. The third-order valence-electron chi connectivity index (χ3n) is 5.30. The molecule has 1 atom stereocenters. The van der Waals surface area contributed by atoms with Gasteiger partial charge in [0.15, 0.2) is 0 Å². The Bertz CT molecular complexity index is 544. The molecule has 0 bridgehead atoms. The lowest BCUT2D eigenvalue weighted by molar-refractivity contribution is -0.146. The van der Waals surface area contributed by atoms with E-state index in [9.17, 15) is 4.79 Å². The van der Waals surface area contributed by atoms with Crippen molar-refractivity contribution in [3.63, 3.8) is 0 Å². The molecule has 1 aromatic rings. The average Bonchev–Trinajstić information content (AvgIpc) is 3.14. The summed E-state index contributed by atoms with van der Waals surface area (Å²) in [4.78, 5) is 17.4. The van der Waals surface area contributed by atoms with Crippen LogP contribution in [0, 0.1) is 5.41 Å². The number of carbonyl (C=O) groups excluding carboxylic acids is 1. The highest BCUT2D eigenvalue weighted by Gasteiger charge is 2.47. The van der Waals surface area contributed by atoms with E-state index in [4.69, 9.17) is 4.74 Å². The van der Waals surface area contributed by atoms with Crippen LogP contribution in [0.25, 0.3) is 0 Å². The zero-order valence-corrected chi connectivity index (χ0v) is 14.3. The minimum absolute atomic E-state index is 0.138. The van der Waals surface area contributed by atoms with Crippen molar-refractivity contribution in [2.75, 3.05) is 46.4 Å². The number of aryl methyl sites for hydroxylation is 1. The van der Waals surface area contributed by atoms with Gasteiger partial charge in [-0.25, -0.2) is 0 Å². The van der Waals surface area contributed by atoms with Gasteiger partial charge in [-0.3, -0.25) is 9.48 Å². The van der Waals surface area contributed by atoms with Crippen molar-refractivity contribution in [1.29, 1.82) is 0 Å². The Morgan fingerprint density at radius 1 is 1.30 bits per heavy atom. The van der Waals surface area contributed by atoms with Gasteiger partial charge in [0, 0.05) is 46.5 Å². The van der Waals surface area contributed by atoms with Crippen molar-refractivity contribution in [2.24, 2.45) is 12.5 Å². The molecule has 0 unspecified atom stereocenters. The third kappa shape index (κ3) is 3.58. The van der Waals surface area contributed by atoms with Crippen molar-refractivity contribution < 1.29 is 9.53 Å². The molecule has 2 saturated heterocycles. The van der Waals surface area contributed by atoms with Crippen molar-refractivity contribution in [3.05, 3.63) is 18.0 Å². The second kappa shape index (κ2) is 7.01.